The van der Waals surface area contributed by atoms with Crippen LogP contribution >= 0.6 is 0 Å². The molecule has 0 radical (unpaired) electrons. The number of likely N-dealkylation sites (N-methyl/N-ethyl adjacent to an activating group) is 2. The lowest BCUT2D eigenvalue weighted by molar-refractivity contribution is 0.0779. The molecular formula is C36H44N6O5. The molecule has 4 aromatic rings. The topological polar surface area (TPSA) is 120 Å². The fourth-order valence-electron chi connectivity index (χ4n) is 5.63. The van der Waals surface area contributed by atoms with Crippen LogP contribution in [0, 0.1) is 13.8 Å². The van der Waals surface area contributed by atoms with E-state index in [1.165, 1.54) is 11.1 Å². The molecule has 11 nitrogen and oxygen atoms in total. The van der Waals surface area contributed by atoms with Gasteiger partial charge in [0.15, 0.2) is 0 Å². The number of methoxy groups -OCH3 is 2. The van der Waals surface area contributed by atoms with E-state index in [9.17, 15) is 14.7 Å². The Balaban J connectivity index is 1.71. The molecule has 0 aliphatic heterocycles. The van der Waals surface area contributed by atoms with Gasteiger partial charge in [-0.05, 0) is 86.1 Å². The maximum Gasteiger partial charge on any atom is 0.413 e. The summed E-state index contributed by atoms with van der Waals surface area (Å²) >= 11 is 0. The second kappa shape index (κ2) is 15.9. The minimum absolute atomic E-state index is 0.101. The van der Waals surface area contributed by atoms with Crippen molar-refractivity contribution in [2.45, 2.75) is 33.7 Å². The molecule has 2 amide bonds. The zero-order chi connectivity index (χ0) is 34.1. The Morgan fingerprint density at radius 1 is 0.915 bits per heavy atom. The molecule has 0 aliphatic carbocycles. The summed E-state index contributed by atoms with van der Waals surface area (Å²) in [6.07, 6.45) is 0.286. The lowest BCUT2D eigenvalue weighted by Crippen LogP contribution is -2.36. The standard InChI is InChI=1S/C36H44N6O5/c1-8-41(9-2)21-20-40(5)34(43)26-14-11-15-27(22-26)38-35-37-19-18-31(39-35)42(36(44)45)33(32-24(3)12-10-13-25(32)4)29-23-28(46-6)16-17-30(29)47-7/h10-19,22-23,33H,8-9,20-21H2,1-7H3,(H,44,45)(H,37,38,39). The Hall–Kier alpha value is -5.16. The van der Waals surface area contributed by atoms with Gasteiger partial charge in [-0.25, -0.2) is 14.7 Å². The number of aromatic nitrogens is 2. The first kappa shape index (κ1) is 34.7. The second-order valence-corrected chi connectivity index (χ2v) is 11.2. The van der Waals surface area contributed by atoms with Gasteiger partial charge < -0.3 is 29.7 Å². The summed E-state index contributed by atoms with van der Waals surface area (Å²) in [5.41, 5.74) is 4.31. The first-order valence-corrected chi connectivity index (χ1v) is 15.6. The number of amides is 2. The highest BCUT2D eigenvalue weighted by Crippen LogP contribution is 2.41. The molecule has 47 heavy (non-hydrogen) atoms. The van der Waals surface area contributed by atoms with Crippen molar-refractivity contribution in [3.05, 3.63) is 101 Å². The number of carbonyl (C=O) groups excluding carboxylic acids is 1. The number of rotatable bonds is 14. The summed E-state index contributed by atoms with van der Waals surface area (Å²) in [6, 6.07) is 19.0. The molecule has 3 aromatic carbocycles. The molecule has 0 spiro atoms. The fourth-order valence-corrected chi connectivity index (χ4v) is 5.63. The molecule has 0 saturated heterocycles. The van der Waals surface area contributed by atoms with E-state index >= 15 is 0 Å². The van der Waals surface area contributed by atoms with Crippen molar-refractivity contribution < 1.29 is 24.2 Å². The van der Waals surface area contributed by atoms with Gasteiger partial charge in [-0.3, -0.25) is 4.79 Å². The smallest absolute Gasteiger partial charge is 0.413 e. The second-order valence-electron chi connectivity index (χ2n) is 11.2. The Morgan fingerprint density at radius 3 is 2.26 bits per heavy atom. The molecule has 1 heterocycles. The quantitative estimate of drug-likeness (QED) is 0.158. The molecule has 1 atom stereocenters. The summed E-state index contributed by atoms with van der Waals surface area (Å²) in [5.74, 6) is 1.28. The van der Waals surface area contributed by atoms with E-state index in [1.54, 1.807) is 74.7 Å². The van der Waals surface area contributed by atoms with Gasteiger partial charge in [-0.2, -0.15) is 4.98 Å². The van der Waals surface area contributed by atoms with Gasteiger partial charge in [-0.1, -0.05) is 38.1 Å². The van der Waals surface area contributed by atoms with Gasteiger partial charge in [-0.15, -0.1) is 0 Å². The fraction of sp³-hybridized carbons (Fsp3) is 0.333. The van der Waals surface area contributed by atoms with Crippen molar-refractivity contribution >= 4 is 29.5 Å². The predicted molar refractivity (Wildman–Crippen MR) is 184 cm³/mol. The molecular weight excluding hydrogens is 596 g/mol. The first-order valence-electron chi connectivity index (χ1n) is 15.6. The van der Waals surface area contributed by atoms with Crippen molar-refractivity contribution in [1.82, 2.24) is 19.8 Å². The number of ether oxygens (including phenoxy) is 2. The molecule has 0 saturated carbocycles. The van der Waals surface area contributed by atoms with E-state index in [0.29, 0.717) is 34.9 Å². The van der Waals surface area contributed by atoms with Crippen LogP contribution in [0.5, 0.6) is 11.5 Å². The number of carbonyl (C=O) groups is 2. The van der Waals surface area contributed by atoms with Crippen LogP contribution in [0.2, 0.25) is 0 Å². The van der Waals surface area contributed by atoms with E-state index in [-0.39, 0.29) is 17.7 Å². The minimum Gasteiger partial charge on any atom is -0.497 e. The highest BCUT2D eigenvalue weighted by Gasteiger charge is 2.34. The van der Waals surface area contributed by atoms with Crippen LogP contribution in [-0.2, 0) is 0 Å². The summed E-state index contributed by atoms with van der Waals surface area (Å²) in [6.45, 7) is 11.4. The van der Waals surface area contributed by atoms with Crippen molar-refractivity contribution in [3.63, 3.8) is 0 Å². The Labute approximate surface area is 276 Å². The van der Waals surface area contributed by atoms with Crippen LogP contribution in [0.4, 0.5) is 22.2 Å². The highest BCUT2D eigenvalue weighted by molar-refractivity contribution is 5.95. The third-order valence-corrected chi connectivity index (χ3v) is 8.26. The minimum atomic E-state index is -1.22. The highest BCUT2D eigenvalue weighted by atomic mass is 16.5. The van der Waals surface area contributed by atoms with Crippen molar-refractivity contribution in [3.8, 4) is 11.5 Å². The molecule has 4 rings (SSSR count). The Bertz CT molecular complexity index is 1670. The normalized spacial score (nSPS) is 11.6. The number of nitrogens with zero attached hydrogens (tertiary/aromatic N) is 5. The average Bonchev–Trinajstić information content (AvgIpc) is 3.07. The third-order valence-electron chi connectivity index (χ3n) is 8.26. The van der Waals surface area contributed by atoms with E-state index in [2.05, 4.69) is 34.0 Å². The number of benzene rings is 3. The van der Waals surface area contributed by atoms with Gasteiger partial charge in [0.05, 0.1) is 20.3 Å². The molecule has 0 fully saturated rings. The molecule has 0 aliphatic rings. The van der Waals surface area contributed by atoms with E-state index in [4.69, 9.17) is 9.47 Å². The molecule has 2 N–H and O–H groups in total. The average molecular weight is 641 g/mol. The number of aryl methyl sites for hydroxylation is 2. The van der Waals surface area contributed by atoms with Gasteiger partial charge in [0.1, 0.15) is 17.3 Å². The summed E-state index contributed by atoms with van der Waals surface area (Å²) in [4.78, 5) is 40.6. The lowest BCUT2D eigenvalue weighted by Gasteiger charge is -2.32. The lowest BCUT2D eigenvalue weighted by atomic mass is 9.89. The Kier molecular flexibility index (Phi) is 11.7. The maximum absolute atomic E-state index is 13.2. The summed E-state index contributed by atoms with van der Waals surface area (Å²) in [5, 5.41) is 13.9. The molecule has 11 heteroatoms. The molecule has 248 valence electrons. The SMILES string of the molecule is CCN(CC)CCN(C)C(=O)c1cccc(Nc2nccc(N(C(=O)O)C(c3cc(OC)ccc3OC)c3c(C)cccc3C)n2)c1. The number of nitrogens with one attached hydrogen (secondary N) is 1. The van der Waals surface area contributed by atoms with Crippen molar-refractivity contribution in [1.29, 1.82) is 0 Å². The Morgan fingerprint density at radius 2 is 1.62 bits per heavy atom. The van der Waals surface area contributed by atoms with Crippen LogP contribution in [0.1, 0.15) is 52.5 Å². The van der Waals surface area contributed by atoms with E-state index in [1.807, 2.05) is 32.0 Å². The summed E-state index contributed by atoms with van der Waals surface area (Å²) in [7, 11) is 4.90. The van der Waals surface area contributed by atoms with Crippen LogP contribution in [0.3, 0.4) is 0 Å². The molecule has 1 aromatic heterocycles. The largest absolute Gasteiger partial charge is 0.497 e. The number of hydrogen-bond donors (Lipinski definition) is 2. The third kappa shape index (κ3) is 8.17. The zero-order valence-electron chi connectivity index (χ0n) is 28.2. The van der Waals surface area contributed by atoms with Crippen LogP contribution < -0.4 is 19.7 Å². The summed E-state index contributed by atoms with van der Waals surface area (Å²) < 4.78 is 11.2. The predicted octanol–water partition coefficient (Wildman–Crippen LogP) is 6.54. The monoisotopic (exact) mass is 640 g/mol. The van der Waals surface area contributed by atoms with Crippen molar-refractivity contribution in [2.24, 2.45) is 0 Å². The van der Waals surface area contributed by atoms with E-state index < -0.39 is 12.1 Å². The number of anilines is 3. The van der Waals surface area contributed by atoms with Gasteiger partial charge >= 0.3 is 6.09 Å². The van der Waals surface area contributed by atoms with Crippen LogP contribution in [0.25, 0.3) is 0 Å². The number of hydrogen-bond acceptors (Lipinski definition) is 8. The van der Waals surface area contributed by atoms with Crippen LogP contribution in [0.15, 0.2) is 72.9 Å². The zero-order valence-corrected chi connectivity index (χ0v) is 28.2. The first-order chi connectivity index (χ1) is 22.6. The van der Waals surface area contributed by atoms with E-state index in [0.717, 1.165) is 36.3 Å². The van der Waals surface area contributed by atoms with Gasteiger partial charge in [0.2, 0.25) is 5.95 Å². The molecule has 0 bridgehead atoms. The maximum atomic E-state index is 13.2. The van der Waals surface area contributed by atoms with Crippen molar-refractivity contribution in [2.75, 3.05) is 57.7 Å². The van der Waals surface area contributed by atoms with Crippen LogP contribution in [-0.4, -0.2) is 84.3 Å². The van der Waals surface area contributed by atoms with Gasteiger partial charge in [0, 0.05) is 43.1 Å². The number of carboxylic acid groups (broad SMARTS) is 1. The van der Waals surface area contributed by atoms with Gasteiger partial charge in [0.25, 0.3) is 5.91 Å². The molecule has 1 unspecified atom stereocenters.